The summed E-state index contributed by atoms with van der Waals surface area (Å²) in [5.41, 5.74) is 2.51. The van der Waals surface area contributed by atoms with Crippen LogP contribution in [-0.2, 0) is 6.42 Å². The standard InChI is InChI=1S/C17H19F3N2/c1-9(2)11-8-12(11)10-3-4-13-14(7-10)22-15(17(18,19)20)5-6-16(22)21-13/h3-4,7,9,11-12,15H,5-6,8H2,1-2H3/t11-,12-,15+/m1/s1. The highest BCUT2D eigenvalue weighted by atomic mass is 19.4. The molecule has 1 aromatic carbocycles. The molecule has 0 amide bonds. The van der Waals surface area contributed by atoms with Gasteiger partial charge in [-0.15, -0.1) is 0 Å². The molecule has 1 aromatic heterocycles. The normalized spacial score (nSPS) is 27.6. The van der Waals surface area contributed by atoms with Crippen LogP contribution in [0.3, 0.4) is 0 Å². The molecule has 2 heterocycles. The first-order chi connectivity index (χ1) is 10.4. The molecule has 4 rings (SSSR count). The Balaban J connectivity index is 1.77. The molecule has 0 unspecified atom stereocenters. The first-order valence-corrected chi connectivity index (χ1v) is 7.93. The quantitative estimate of drug-likeness (QED) is 0.776. The van der Waals surface area contributed by atoms with E-state index in [4.69, 9.17) is 0 Å². The van der Waals surface area contributed by atoms with Crippen LogP contribution in [0.2, 0.25) is 0 Å². The van der Waals surface area contributed by atoms with Crippen LogP contribution < -0.4 is 0 Å². The molecule has 2 aliphatic rings. The van der Waals surface area contributed by atoms with E-state index in [2.05, 4.69) is 18.8 Å². The van der Waals surface area contributed by atoms with Gasteiger partial charge in [0.2, 0.25) is 0 Å². The fourth-order valence-corrected chi connectivity index (χ4v) is 3.95. The van der Waals surface area contributed by atoms with Crippen LogP contribution in [0.5, 0.6) is 0 Å². The summed E-state index contributed by atoms with van der Waals surface area (Å²) in [7, 11) is 0. The van der Waals surface area contributed by atoms with Crippen molar-refractivity contribution in [2.24, 2.45) is 11.8 Å². The van der Waals surface area contributed by atoms with Gasteiger partial charge in [-0.2, -0.15) is 13.2 Å². The van der Waals surface area contributed by atoms with Gasteiger partial charge in [-0.25, -0.2) is 4.98 Å². The second kappa shape index (κ2) is 4.49. The van der Waals surface area contributed by atoms with Crippen molar-refractivity contribution in [2.75, 3.05) is 0 Å². The van der Waals surface area contributed by atoms with Gasteiger partial charge in [0.1, 0.15) is 11.9 Å². The molecule has 0 radical (unpaired) electrons. The van der Waals surface area contributed by atoms with Gasteiger partial charge in [0, 0.05) is 6.42 Å². The third-order valence-corrected chi connectivity index (χ3v) is 5.24. The average Bonchev–Trinajstić information content (AvgIpc) is 2.99. The Morgan fingerprint density at radius 3 is 2.68 bits per heavy atom. The van der Waals surface area contributed by atoms with Crippen LogP contribution in [0.4, 0.5) is 13.2 Å². The summed E-state index contributed by atoms with van der Waals surface area (Å²) in [6, 6.07) is 4.46. The number of rotatable bonds is 2. The van der Waals surface area contributed by atoms with Gasteiger partial charge < -0.3 is 4.57 Å². The minimum absolute atomic E-state index is 0.115. The van der Waals surface area contributed by atoms with Gasteiger partial charge in [-0.1, -0.05) is 19.9 Å². The summed E-state index contributed by atoms with van der Waals surface area (Å²) in [6.45, 7) is 4.42. The lowest BCUT2D eigenvalue weighted by Crippen LogP contribution is -2.23. The Morgan fingerprint density at radius 2 is 2.05 bits per heavy atom. The van der Waals surface area contributed by atoms with Crippen LogP contribution in [0.15, 0.2) is 18.2 Å². The molecule has 0 N–H and O–H groups in total. The van der Waals surface area contributed by atoms with E-state index in [0.29, 0.717) is 41.0 Å². The Labute approximate surface area is 127 Å². The molecular formula is C17H19F3N2. The number of aryl methyl sites for hydroxylation is 1. The molecule has 2 nitrogen and oxygen atoms in total. The van der Waals surface area contributed by atoms with E-state index < -0.39 is 12.2 Å². The zero-order valence-electron chi connectivity index (χ0n) is 12.7. The van der Waals surface area contributed by atoms with Crippen LogP contribution in [0, 0.1) is 11.8 Å². The van der Waals surface area contributed by atoms with Crippen molar-refractivity contribution in [3.05, 3.63) is 29.6 Å². The highest BCUT2D eigenvalue weighted by Gasteiger charge is 2.46. The maximum atomic E-state index is 13.2. The summed E-state index contributed by atoms with van der Waals surface area (Å²) in [4.78, 5) is 4.39. The number of nitrogens with zero attached hydrogens (tertiary/aromatic N) is 2. The minimum Gasteiger partial charge on any atom is -0.316 e. The van der Waals surface area contributed by atoms with Gasteiger partial charge in [0.05, 0.1) is 11.0 Å². The average molecular weight is 308 g/mol. The number of hydrogen-bond donors (Lipinski definition) is 0. The summed E-state index contributed by atoms with van der Waals surface area (Å²) in [5.74, 6) is 2.36. The first kappa shape index (κ1) is 14.1. The maximum Gasteiger partial charge on any atom is 0.409 e. The van der Waals surface area contributed by atoms with E-state index in [1.165, 1.54) is 10.1 Å². The number of aromatic nitrogens is 2. The first-order valence-electron chi connectivity index (χ1n) is 7.93. The van der Waals surface area contributed by atoms with Crippen molar-refractivity contribution in [3.63, 3.8) is 0 Å². The summed E-state index contributed by atoms with van der Waals surface area (Å²) >= 11 is 0. The van der Waals surface area contributed by atoms with E-state index >= 15 is 0 Å². The number of hydrogen-bond acceptors (Lipinski definition) is 1. The van der Waals surface area contributed by atoms with Crippen LogP contribution in [0.1, 0.15) is 50.0 Å². The Kier molecular flexibility index (Phi) is 2.88. The molecule has 0 spiro atoms. The second-order valence-electron chi connectivity index (χ2n) is 6.99. The van der Waals surface area contributed by atoms with Gasteiger partial charge in [-0.3, -0.25) is 0 Å². The third-order valence-electron chi connectivity index (χ3n) is 5.24. The number of imidazole rings is 1. The third kappa shape index (κ3) is 2.05. The molecule has 1 saturated carbocycles. The molecule has 5 heteroatoms. The highest BCUT2D eigenvalue weighted by molar-refractivity contribution is 5.78. The van der Waals surface area contributed by atoms with Crippen molar-refractivity contribution in [2.45, 2.75) is 51.2 Å². The van der Waals surface area contributed by atoms with Crippen molar-refractivity contribution in [3.8, 4) is 0 Å². The number of benzene rings is 1. The summed E-state index contributed by atoms with van der Waals surface area (Å²) in [6.07, 6.45) is -2.53. The molecule has 1 aliphatic carbocycles. The molecule has 118 valence electrons. The minimum atomic E-state index is -4.20. The van der Waals surface area contributed by atoms with Crippen molar-refractivity contribution >= 4 is 11.0 Å². The number of fused-ring (bicyclic) bond motifs is 3. The molecule has 22 heavy (non-hydrogen) atoms. The molecule has 0 saturated heterocycles. The fraction of sp³-hybridized carbons (Fsp3) is 0.588. The zero-order valence-corrected chi connectivity index (χ0v) is 12.7. The number of alkyl halides is 3. The van der Waals surface area contributed by atoms with Crippen LogP contribution in [0.25, 0.3) is 11.0 Å². The number of halogens is 3. The van der Waals surface area contributed by atoms with Gasteiger partial charge >= 0.3 is 6.18 Å². The van der Waals surface area contributed by atoms with E-state index in [9.17, 15) is 13.2 Å². The van der Waals surface area contributed by atoms with E-state index in [1.54, 1.807) is 0 Å². The Bertz CT molecular complexity index is 729. The summed E-state index contributed by atoms with van der Waals surface area (Å²) < 4.78 is 41.1. The lowest BCUT2D eigenvalue weighted by Gasteiger charge is -2.18. The lowest BCUT2D eigenvalue weighted by molar-refractivity contribution is -0.164. The van der Waals surface area contributed by atoms with Crippen LogP contribution >= 0.6 is 0 Å². The predicted octanol–water partition coefficient (Wildman–Crippen LogP) is 4.85. The van der Waals surface area contributed by atoms with Crippen LogP contribution in [-0.4, -0.2) is 15.7 Å². The second-order valence-corrected chi connectivity index (χ2v) is 6.99. The molecule has 1 aliphatic heterocycles. The largest absolute Gasteiger partial charge is 0.409 e. The van der Waals surface area contributed by atoms with Gasteiger partial charge in [0.25, 0.3) is 0 Å². The van der Waals surface area contributed by atoms with Crippen molar-refractivity contribution in [1.82, 2.24) is 9.55 Å². The monoisotopic (exact) mass is 308 g/mol. The van der Waals surface area contributed by atoms with E-state index in [0.717, 1.165) is 6.42 Å². The topological polar surface area (TPSA) is 17.8 Å². The molecule has 0 bridgehead atoms. The summed E-state index contributed by atoms with van der Waals surface area (Å²) in [5, 5.41) is 0. The lowest BCUT2D eigenvalue weighted by atomic mass is 10.0. The van der Waals surface area contributed by atoms with E-state index in [-0.39, 0.29) is 6.42 Å². The van der Waals surface area contributed by atoms with Crippen molar-refractivity contribution < 1.29 is 13.2 Å². The molecular weight excluding hydrogens is 289 g/mol. The highest BCUT2D eigenvalue weighted by Crippen LogP contribution is 2.52. The SMILES string of the molecule is CC(C)[C@H]1C[C@@H]1c1ccc2nc3n(c2c1)[C@H](C(F)(F)F)CC3. The smallest absolute Gasteiger partial charge is 0.316 e. The van der Waals surface area contributed by atoms with E-state index in [1.807, 2.05) is 18.2 Å². The van der Waals surface area contributed by atoms with Gasteiger partial charge in [-0.05, 0) is 48.3 Å². The van der Waals surface area contributed by atoms with Crippen molar-refractivity contribution in [1.29, 1.82) is 0 Å². The molecule has 3 atom stereocenters. The predicted molar refractivity (Wildman–Crippen MR) is 78.8 cm³/mol. The maximum absolute atomic E-state index is 13.2. The Morgan fingerprint density at radius 1 is 1.27 bits per heavy atom. The Hall–Kier alpha value is -1.52. The zero-order chi connectivity index (χ0) is 15.6. The molecule has 2 aromatic rings. The molecule has 1 fully saturated rings. The fourth-order valence-electron chi connectivity index (χ4n) is 3.95. The van der Waals surface area contributed by atoms with Gasteiger partial charge in [0.15, 0.2) is 0 Å².